The molecule has 0 saturated carbocycles. The third-order valence-electron chi connectivity index (χ3n) is 2.09. The van der Waals surface area contributed by atoms with Gasteiger partial charge < -0.3 is 5.11 Å². The standard InChI is InChI=1S/C8H14FNO2/c9-7-2-1-4-10(6-7)5-3-8(11)12/h7H,1-6H2,(H,11,12)/t7-/m1/s1. The average Bonchev–Trinajstić information content (AvgIpc) is 2.01. The highest BCUT2D eigenvalue weighted by molar-refractivity contribution is 5.66. The molecule has 0 amide bonds. The summed E-state index contributed by atoms with van der Waals surface area (Å²) in [5.74, 6) is -0.809. The van der Waals surface area contributed by atoms with E-state index >= 15 is 0 Å². The molecule has 0 aliphatic carbocycles. The Labute approximate surface area is 71.2 Å². The summed E-state index contributed by atoms with van der Waals surface area (Å²) in [6, 6.07) is 0. The Bertz CT molecular complexity index is 163. The van der Waals surface area contributed by atoms with Crippen molar-refractivity contribution in [3.63, 3.8) is 0 Å². The van der Waals surface area contributed by atoms with Crippen molar-refractivity contribution in [1.29, 1.82) is 0 Å². The molecule has 1 rings (SSSR count). The number of carbonyl (C=O) groups is 1. The van der Waals surface area contributed by atoms with E-state index in [4.69, 9.17) is 5.11 Å². The van der Waals surface area contributed by atoms with Gasteiger partial charge in [-0.05, 0) is 19.4 Å². The molecule has 70 valence electrons. The van der Waals surface area contributed by atoms with Crippen LogP contribution < -0.4 is 0 Å². The van der Waals surface area contributed by atoms with Gasteiger partial charge in [0.25, 0.3) is 0 Å². The van der Waals surface area contributed by atoms with Crippen molar-refractivity contribution in [2.24, 2.45) is 0 Å². The molecule has 1 N–H and O–H groups in total. The van der Waals surface area contributed by atoms with Crippen LogP contribution in [0.1, 0.15) is 19.3 Å². The summed E-state index contributed by atoms with van der Waals surface area (Å²) in [4.78, 5) is 12.1. The number of carboxylic acids is 1. The van der Waals surface area contributed by atoms with Gasteiger partial charge in [-0.3, -0.25) is 9.69 Å². The predicted molar refractivity (Wildman–Crippen MR) is 42.8 cm³/mol. The summed E-state index contributed by atoms with van der Waals surface area (Å²) in [7, 11) is 0. The minimum atomic E-state index is -0.809. The van der Waals surface area contributed by atoms with Crippen LogP contribution in [0.4, 0.5) is 4.39 Å². The normalized spacial score (nSPS) is 25.6. The lowest BCUT2D eigenvalue weighted by molar-refractivity contribution is -0.137. The van der Waals surface area contributed by atoms with Crippen LogP contribution in [0.2, 0.25) is 0 Å². The molecule has 1 fully saturated rings. The zero-order chi connectivity index (χ0) is 8.97. The summed E-state index contributed by atoms with van der Waals surface area (Å²) < 4.78 is 12.8. The first kappa shape index (κ1) is 9.45. The molecular formula is C8H14FNO2. The van der Waals surface area contributed by atoms with E-state index in [0.717, 1.165) is 13.0 Å². The molecule has 1 saturated heterocycles. The van der Waals surface area contributed by atoms with Crippen LogP contribution in [0.5, 0.6) is 0 Å². The van der Waals surface area contributed by atoms with Crippen molar-refractivity contribution in [2.75, 3.05) is 19.6 Å². The van der Waals surface area contributed by atoms with Crippen molar-refractivity contribution in [2.45, 2.75) is 25.4 Å². The van der Waals surface area contributed by atoms with Crippen LogP contribution in [-0.2, 0) is 4.79 Å². The van der Waals surface area contributed by atoms with Crippen LogP contribution in [0.15, 0.2) is 0 Å². The Kier molecular flexibility index (Phi) is 3.47. The van der Waals surface area contributed by atoms with Gasteiger partial charge in [0.2, 0.25) is 0 Å². The summed E-state index contributed by atoms with van der Waals surface area (Å²) in [5, 5.41) is 8.39. The van der Waals surface area contributed by atoms with Crippen molar-refractivity contribution in [1.82, 2.24) is 4.90 Å². The van der Waals surface area contributed by atoms with E-state index < -0.39 is 12.1 Å². The van der Waals surface area contributed by atoms with Gasteiger partial charge in [-0.25, -0.2) is 4.39 Å². The lowest BCUT2D eigenvalue weighted by atomic mass is 10.1. The van der Waals surface area contributed by atoms with Crippen molar-refractivity contribution in [3.8, 4) is 0 Å². The predicted octanol–water partition coefficient (Wildman–Crippen LogP) is 0.895. The number of carboxylic acid groups (broad SMARTS) is 1. The fraction of sp³-hybridized carbons (Fsp3) is 0.875. The van der Waals surface area contributed by atoms with Gasteiger partial charge in [0.1, 0.15) is 6.17 Å². The van der Waals surface area contributed by atoms with Crippen LogP contribution in [0.25, 0.3) is 0 Å². The molecule has 4 heteroatoms. The largest absolute Gasteiger partial charge is 0.481 e. The first-order chi connectivity index (χ1) is 5.68. The number of rotatable bonds is 3. The highest BCUT2D eigenvalue weighted by Gasteiger charge is 2.18. The van der Waals surface area contributed by atoms with Gasteiger partial charge in [-0.1, -0.05) is 0 Å². The molecule has 0 aromatic carbocycles. The molecule has 1 heterocycles. The van der Waals surface area contributed by atoms with Gasteiger partial charge in [-0.2, -0.15) is 0 Å². The fourth-order valence-corrected chi connectivity index (χ4v) is 1.46. The first-order valence-corrected chi connectivity index (χ1v) is 4.26. The van der Waals surface area contributed by atoms with Crippen LogP contribution in [-0.4, -0.2) is 41.8 Å². The highest BCUT2D eigenvalue weighted by atomic mass is 19.1. The van der Waals surface area contributed by atoms with E-state index in [-0.39, 0.29) is 6.42 Å². The first-order valence-electron chi connectivity index (χ1n) is 4.26. The Morgan fingerprint density at radius 1 is 1.67 bits per heavy atom. The van der Waals surface area contributed by atoms with E-state index in [0.29, 0.717) is 19.5 Å². The number of likely N-dealkylation sites (tertiary alicyclic amines) is 1. The topological polar surface area (TPSA) is 40.5 Å². The smallest absolute Gasteiger partial charge is 0.304 e. The summed E-state index contributed by atoms with van der Waals surface area (Å²) in [5.41, 5.74) is 0. The minimum Gasteiger partial charge on any atom is -0.481 e. The quantitative estimate of drug-likeness (QED) is 0.692. The van der Waals surface area contributed by atoms with Gasteiger partial charge in [0, 0.05) is 13.1 Å². The zero-order valence-electron chi connectivity index (χ0n) is 7.00. The maximum Gasteiger partial charge on any atom is 0.304 e. The third kappa shape index (κ3) is 3.17. The maximum atomic E-state index is 12.8. The Balaban J connectivity index is 2.18. The minimum absolute atomic E-state index is 0.118. The molecule has 1 aliphatic heterocycles. The number of hydrogen-bond donors (Lipinski definition) is 1. The maximum absolute atomic E-state index is 12.8. The lowest BCUT2D eigenvalue weighted by Gasteiger charge is -2.28. The monoisotopic (exact) mass is 175 g/mol. The molecule has 0 bridgehead atoms. The molecule has 0 unspecified atom stereocenters. The number of halogens is 1. The zero-order valence-corrected chi connectivity index (χ0v) is 7.00. The molecule has 3 nitrogen and oxygen atoms in total. The fourth-order valence-electron chi connectivity index (χ4n) is 1.46. The molecule has 1 atom stereocenters. The number of alkyl halides is 1. The summed E-state index contributed by atoms with van der Waals surface area (Å²) >= 11 is 0. The molecular weight excluding hydrogens is 161 g/mol. The molecule has 0 aromatic heterocycles. The second-order valence-corrected chi connectivity index (χ2v) is 3.18. The molecule has 12 heavy (non-hydrogen) atoms. The second-order valence-electron chi connectivity index (χ2n) is 3.18. The van der Waals surface area contributed by atoms with Crippen LogP contribution >= 0.6 is 0 Å². The molecule has 0 radical (unpaired) electrons. The third-order valence-corrected chi connectivity index (χ3v) is 2.09. The van der Waals surface area contributed by atoms with E-state index in [2.05, 4.69) is 0 Å². The number of hydrogen-bond acceptors (Lipinski definition) is 2. The van der Waals surface area contributed by atoms with Gasteiger partial charge in [0.15, 0.2) is 0 Å². The van der Waals surface area contributed by atoms with Gasteiger partial charge >= 0.3 is 5.97 Å². The van der Waals surface area contributed by atoms with E-state index in [9.17, 15) is 9.18 Å². The van der Waals surface area contributed by atoms with Crippen LogP contribution in [0, 0.1) is 0 Å². The van der Waals surface area contributed by atoms with E-state index in [1.54, 1.807) is 0 Å². The van der Waals surface area contributed by atoms with Crippen LogP contribution in [0.3, 0.4) is 0 Å². The Morgan fingerprint density at radius 2 is 2.42 bits per heavy atom. The van der Waals surface area contributed by atoms with Gasteiger partial charge in [-0.15, -0.1) is 0 Å². The molecule has 0 spiro atoms. The average molecular weight is 175 g/mol. The van der Waals surface area contributed by atoms with E-state index in [1.165, 1.54) is 0 Å². The van der Waals surface area contributed by atoms with Crippen molar-refractivity contribution < 1.29 is 14.3 Å². The number of piperidine rings is 1. The molecule has 0 aromatic rings. The summed E-state index contributed by atoms with van der Waals surface area (Å²) in [6.07, 6.45) is 0.837. The Morgan fingerprint density at radius 3 is 3.00 bits per heavy atom. The lowest BCUT2D eigenvalue weighted by Crippen LogP contribution is -2.37. The Hall–Kier alpha value is -0.640. The van der Waals surface area contributed by atoms with Gasteiger partial charge in [0.05, 0.1) is 6.42 Å². The second kappa shape index (κ2) is 4.40. The molecule has 1 aliphatic rings. The number of aliphatic carboxylic acids is 1. The SMILES string of the molecule is O=C(O)CCN1CCC[C@@H](F)C1. The highest BCUT2D eigenvalue weighted by Crippen LogP contribution is 2.12. The van der Waals surface area contributed by atoms with Crippen molar-refractivity contribution in [3.05, 3.63) is 0 Å². The summed E-state index contributed by atoms with van der Waals surface area (Å²) in [6.45, 7) is 1.73. The van der Waals surface area contributed by atoms with Crippen molar-refractivity contribution >= 4 is 5.97 Å². The van der Waals surface area contributed by atoms with E-state index in [1.807, 2.05) is 4.90 Å². The number of nitrogens with zero attached hydrogens (tertiary/aromatic N) is 1.